The molecule has 0 aromatic heterocycles. The predicted octanol–water partition coefficient (Wildman–Crippen LogP) is 3.34. The van der Waals surface area contributed by atoms with E-state index in [0.29, 0.717) is 22.6 Å². The largest absolute Gasteiger partial charge is 0.497 e. The van der Waals surface area contributed by atoms with Crippen molar-refractivity contribution < 1.29 is 23.9 Å². The number of terminal acetylenes is 1. The highest BCUT2D eigenvalue weighted by Gasteiger charge is 2.29. The number of hydrogen-bond acceptors (Lipinski definition) is 5. The third-order valence-electron chi connectivity index (χ3n) is 4.56. The van der Waals surface area contributed by atoms with Gasteiger partial charge in [-0.15, -0.1) is 6.42 Å². The Bertz CT molecular complexity index is 1020. The topological polar surface area (TPSA) is 97.0 Å². The van der Waals surface area contributed by atoms with Crippen LogP contribution >= 0.6 is 0 Å². The molecule has 1 unspecified atom stereocenters. The Balaban J connectivity index is 2.21. The smallest absolute Gasteiger partial charge is 0.408 e. The van der Waals surface area contributed by atoms with Gasteiger partial charge in [0.2, 0.25) is 5.91 Å². The summed E-state index contributed by atoms with van der Waals surface area (Å²) in [5.74, 6) is 2.27. The standard InChI is InChI=1S/C25H29N3O5/c1-7-17-8-10-18(11-9-17)22(23(30)27-19-12-14-20(32-6)15-13-19)28(5)21(29)16-26-24(31)33-25(2,3)4/h1,8-15,22H,16H2,2-6H3,(H,26,31)(H,27,30). The zero-order valence-electron chi connectivity index (χ0n) is 19.5. The van der Waals surface area contributed by atoms with E-state index >= 15 is 0 Å². The molecule has 1 atom stereocenters. The van der Waals surface area contributed by atoms with Crippen LogP contribution < -0.4 is 15.4 Å². The van der Waals surface area contributed by atoms with Crippen LogP contribution in [0.1, 0.15) is 37.9 Å². The van der Waals surface area contributed by atoms with Gasteiger partial charge < -0.3 is 25.0 Å². The van der Waals surface area contributed by atoms with E-state index in [0.717, 1.165) is 0 Å². The quantitative estimate of drug-likeness (QED) is 0.630. The Morgan fingerprint density at radius 1 is 1.06 bits per heavy atom. The second kappa shape index (κ2) is 11.0. The zero-order chi connectivity index (χ0) is 24.6. The lowest BCUT2D eigenvalue weighted by Crippen LogP contribution is -2.44. The molecule has 2 aromatic rings. The van der Waals surface area contributed by atoms with E-state index in [4.69, 9.17) is 15.9 Å². The number of anilines is 1. The van der Waals surface area contributed by atoms with Crippen molar-refractivity contribution in [3.63, 3.8) is 0 Å². The number of ether oxygens (including phenoxy) is 2. The zero-order valence-corrected chi connectivity index (χ0v) is 19.5. The number of likely N-dealkylation sites (N-methyl/N-ethyl adjacent to an activating group) is 1. The van der Waals surface area contributed by atoms with Gasteiger partial charge >= 0.3 is 6.09 Å². The first kappa shape index (κ1) is 25.3. The van der Waals surface area contributed by atoms with Crippen molar-refractivity contribution in [2.45, 2.75) is 32.4 Å². The molecule has 0 aliphatic heterocycles. The number of benzene rings is 2. The highest BCUT2D eigenvalue weighted by molar-refractivity contribution is 5.98. The molecule has 174 valence electrons. The monoisotopic (exact) mass is 451 g/mol. The summed E-state index contributed by atoms with van der Waals surface area (Å²) in [5, 5.41) is 5.23. The summed E-state index contributed by atoms with van der Waals surface area (Å²) in [6.07, 6.45) is 4.70. The minimum Gasteiger partial charge on any atom is -0.497 e. The fourth-order valence-electron chi connectivity index (χ4n) is 2.93. The van der Waals surface area contributed by atoms with Crippen molar-refractivity contribution in [1.82, 2.24) is 10.2 Å². The van der Waals surface area contributed by atoms with E-state index in [1.807, 2.05) is 0 Å². The molecule has 0 spiro atoms. The lowest BCUT2D eigenvalue weighted by atomic mass is 10.0. The number of rotatable bonds is 7. The maximum absolute atomic E-state index is 13.2. The molecule has 2 N–H and O–H groups in total. The number of carbonyl (C=O) groups excluding carboxylic acids is 3. The molecule has 0 saturated heterocycles. The first-order valence-corrected chi connectivity index (χ1v) is 10.3. The molecule has 2 aromatic carbocycles. The number of carbonyl (C=O) groups is 3. The molecule has 2 rings (SSSR count). The van der Waals surface area contributed by atoms with E-state index in [-0.39, 0.29) is 6.54 Å². The van der Waals surface area contributed by atoms with Crippen LogP contribution in [0.15, 0.2) is 48.5 Å². The Kier molecular flexibility index (Phi) is 8.46. The van der Waals surface area contributed by atoms with Crippen LogP contribution in [0, 0.1) is 12.3 Å². The summed E-state index contributed by atoms with van der Waals surface area (Å²) >= 11 is 0. The van der Waals surface area contributed by atoms with Crippen molar-refractivity contribution in [2.75, 3.05) is 26.0 Å². The van der Waals surface area contributed by atoms with Crippen LogP contribution in [0.25, 0.3) is 0 Å². The van der Waals surface area contributed by atoms with Gasteiger partial charge in [0.1, 0.15) is 23.9 Å². The van der Waals surface area contributed by atoms with E-state index in [1.165, 1.54) is 11.9 Å². The van der Waals surface area contributed by atoms with Crippen LogP contribution in [0.5, 0.6) is 5.75 Å². The van der Waals surface area contributed by atoms with Gasteiger partial charge in [0.25, 0.3) is 5.91 Å². The van der Waals surface area contributed by atoms with Crippen molar-refractivity contribution in [3.05, 3.63) is 59.7 Å². The normalized spacial score (nSPS) is 11.5. The average Bonchev–Trinajstić information content (AvgIpc) is 2.77. The highest BCUT2D eigenvalue weighted by Crippen LogP contribution is 2.23. The van der Waals surface area contributed by atoms with E-state index in [1.54, 1.807) is 76.4 Å². The second-order valence-electron chi connectivity index (χ2n) is 8.25. The average molecular weight is 452 g/mol. The SMILES string of the molecule is C#Cc1ccc(C(C(=O)Nc2ccc(OC)cc2)N(C)C(=O)CNC(=O)OC(C)(C)C)cc1. The molecule has 0 fully saturated rings. The number of methoxy groups -OCH3 is 1. The molecule has 0 aliphatic rings. The number of amides is 3. The Labute approximate surface area is 194 Å². The molecule has 8 heteroatoms. The third-order valence-corrected chi connectivity index (χ3v) is 4.56. The lowest BCUT2D eigenvalue weighted by molar-refractivity contribution is -0.136. The maximum Gasteiger partial charge on any atom is 0.408 e. The van der Waals surface area contributed by atoms with Crippen LogP contribution in [0.4, 0.5) is 10.5 Å². The fraction of sp³-hybridized carbons (Fsp3) is 0.320. The summed E-state index contributed by atoms with van der Waals surface area (Å²) in [6, 6.07) is 12.6. The van der Waals surface area contributed by atoms with Crippen LogP contribution in [0.3, 0.4) is 0 Å². The molecular formula is C25H29N3O5. The minimum absolute atomic E-state index is 0.333. The molecule has 0 aliphatic carbocycles. The summed E-state index contributed by atoms with van der Waals surface area (Å²) in [5.41, 5.74) is 1.05. The van der Waals surface area contributed by atoms with Crippen molar-refractivity contribution in [1.29, 1.82) is 0 Å². The fourth-order valence-corrected chi connectivity index (χ4v) is 2.93. The van der Waals surface area contributed by atoms with Crippen molar-refractivity contribution in [2.24, 2.45) is 0 Å². The Morgan fingerprint density at radius 2 is 1.67 bits per heavy atom. The molecule has 0 heterocycles. The second-order valence-corrected chi connectivity index (χ2v) is 8.25. The van der Waals surface area contributed by atoms with Gasteiger partial charge in [-0.2, -0.15) is 0 Å². The van der Waals surface area contributed by atoms with Crippen molar-refractivity contribution in [3.8, 4) is 18.1 Å². The van der Waals surface area contributed by atoms with Gasteiger partial charge in [-0.25, -0.2) is 4.79 Å². The first-order valence-electron chi connectivity index (χ1n) is 10.3. The van der Waals surface area contributed by atoms with E-state index in [2.05, 4.69) is 16.6 Å². The van der Waals surface area contributed by atoms with Crippen LogP contribution in [-0.2, 0) is 14.3 Å². The summed E-state index contributed by atoms with van der Waals surface area (Å²) in [4.78, 5) is 39.2. The van der Waals surface area contributed by atoms with Gasteiger partial charge in [0, 0.05) is 18.3 Å². The number of nitrogens with one attached hydrogen (secondary N) is 2. The first-order chi connectivity index (χ1) is 15.5. The number of alkyl carbamates (subject to hydrolysis) is 1. The Morgan fingerprint density at radius 3 is 2.18 bits per heavy atom. The van der Waals surface area contributed by atoms with Gasteiger partial charge in [-0.3, -0.25) is 9.59 Å². The number of nitrogens with zero attached hydrogens (tertiary/aromatic N) is 1. The molecular weight excluding hydrogens is 422 g/mol. The summed E-state index contributed by atoms with van der Waals surface area (Å²) in [7, 11) is 3.04. The van der Waals surface area contributed by atoms with E-state index in [9.17, 15) is 14.4 Å². The number of hydrogen-bond donors (Lipinski definition) is 2. The van der Waals surface area contributed by atoms with Crippen LogP contribution in [-0.4, -0.2) is 49.1 Å². The van der Waals surface area contributed by atoms with Gasteiger partial charge in [-0.05, 0) is 62.7 Å². The van der Waals surface area contributed by atoms with Gasteiger partial charge in [0.15, 0.2) is 0 Å². The molecule has 0 radical (unpaired) electrons. The van der Waals surface area contributed by atoms with E-state index < -0.39 is 29.6 Å². The van der Waals surface area contributed by atoms with Crippen LogP contribution in [0.2, 0.25) is 0 Å². The molecule has 8 nitrogen and oxygen atoms in total. The third kappa shape index (κ3) is 7.58. The predicted molar refractivity (Wildman–Crippen MR) is 126 cm³/mol. The molecule has 0 saturated carbocycles. The van der Waals surface area contributed by atoms with Gasteiger partial charge in [0.05, 0.1) is 7.11 Å². The summed E-state index contributed by atoms with van der Waals surface area (Å²) in [6.45, 7) is 4.83. The molecule has 3 amide bonds. The van der Waals surface area contributed by atoms with Gasteiger partial charge in [-0.1, -0.05) is 18.1 Å². The Hall–Kier alpha value is -3.99. The minimum atomic E-state index is -0.966. The van der Waals surface area contributed by atoms with Crippen molar-refractivity contribution >= 4 is 23.6 Å². The summed E-state index contributed by atoms with van der Waals surface area (Å²) < 4.78 is 10.3. The molecule has 0 bridgehead atoms. The highest BCUT2D eigenvalue weighted by atomic mass is 16.6. The maximum atomic E-state index is 13.2. The molecule has 33 heavy (non-hydrogen) atoms. The lowest BCUT2D eigenvalue weighted by Gasteiger charge is -2.28.